The molecule has 0 saturated heterocycles. The van der Waals surface area contributed by atoms with E-state index in [-0.39, 0.29) is 11.9 Å². The van der Waals surface area contributed by atoms with E-state index in [0.29, 0.717) is 29.2 Å². The average Bonchev–Trinajstić information content (AvgIpc) is 3.37. The molecule has 148 valence electrons. The van der Waals surface area contributed by atoms with Gasteiger partial charge in [0.15, 0.2) is 17.7 Å². The van der Waals surface area contributed by atoms with Gasteiger partial charge in [0.2, 0.25) is 5.95 Å². The highest BCUT2D eigenvalue weighted by molar-refractivity contribution is 6.12. The Bertz CT molecular complexity index is 1360. The van der Waals surface area contributed by atoms with Gasteiger partial charge in [-0.2, -0.15) is 9.97 Å². The third-order valence-corrected chi connectivity index (χ3v) is 4.77. The van der Waals surface area contributed by atoms with E-state index in [0.717, 1.165) is 22.2 Å². The number of rotatable bonds is 5. The topological polar surface area (TPSA) is 109 Å². The number of benzene rings is 2. The second-order valence-electron chi connectivity index (χ2n) is 6.91. The molecule has 0 radical (unpaired) electrons. The Kier molecular flexibility index (Phi) is 4.36. The zero-order chi connectivity index (χ0) is 20.5. The van der Waals surface area contributed by atoms with Crippen molar-refractivity contribution in [1.82, 2.24) is 19.9 Å². The lowest BCUT2D eigenvalue weighted by atomic mass is 10.1. The number of aromatic amines is 1. The predicted molar refractivity (Wildman–Crippen MR) is 114 cm³/mol. The van der Waals surface area contributed by atoms with Crippen molar-refractivity contribution < 1.29 is 9.21 Å². The number of nitrogens with one attached hydrogen (secondary N) is 3. The number of H-pyrrole nitrogens is 1. The zero-order valence-corrected chi connectivity index (χ0v) is 16.1. The number of amides is 1. The predicted octanol–water partition coefficient (Wildman–Crippen LogP) is 4.27. The number of hydrogen-bond donors (Lipinski definition) is 3. The average molecular weight is 398 g/mol. The van der Waals surface area contributed by atoms with Crippen LogP contribution in [-0.4, -0.2) is 25.8 Å². The molecule has 2 aromatic carbocycles. The number of hydrogen-bond acceptors (Lipinski definition) is 6. The fourth-order valence-corrected chi connectivity index (χ4v) is 3.38. The summed E-state index contributed by atoms with van der Waals surface area (Å²) in [7, 11) is 0. The molecule has 30 heavy (non-hydrogen) atoms. The molecule has 0 atom stereocenters. The maximum Gasteiger partial charge on any atom is 0.258 e. The zero-order valence-electron chi connectivity index (χ0n) is 16.1. The largest absolute Gasteiger partial charge is 0.425 e. The fourth-order valence-electron chi connectivity index (χ4n) is 3.38. The quantitative estimate of drug-likeness (QED) is 0.408. The van der Waals surface area contributed by atoms with Crippen molar-refractivity contribution >= 4 is 39.8 Å². The van der Waals surface area contributed by atoms with Gasteiger partial charge in [0.1, 0.15) is 0 Å². The Morgan fingerprint density at radius 1 is 1.10 bits per heavy atom. The molecular formula is C22H18N6O2. The summed E-state index contributed by atoms with van der Waals surface area (Å²) in [4.78, 5) is 29.1. The van der Waals surface area contributed by atoms with Gasteiger partial charge in [-0.05, 0) is 30.7 Å². The summed E-state index contributed by atoms with van der Waals surface area (Å²) in [5.41, 5.74) is 4.32. The number of anilines is 2. The summed E-state index contributed by atoms with van der Waals surface area (Å²) in [6.45, 7) is 2.50. The molecule has 0 aliphatic carbocycles. The van der Waals surface area contributed by atoms with Crippen molar-refractivity contribution in [2.45, 2.75) is 13.5 Å². The minimum Gasteiger partial charge on any atom is -0.425 e. The molecule has 3 heterocycles. The van der Waals surface area contributed by atoms with E-state index < -0.39 is 0 Å². The van der Waals surface area contributed by atoms with E-state index in [1.165, 1.54) is 6.39 Å². The Morgan fingerprint density at radius 3 is 2.83 bits per heavy atom. The lowest BCUT2D eigenvalue weighted by Gasteiger charge is -2.09. The summed E-state index contributed by atoms with van der Waals surface area (Å²) in [5, 5.41) is 6.87. The first-order chi connectivity index (χ1) is 14.7. The van der Waals surface area contributed by atoms with Crippen LogP contribution in [0, 0.1) is 6.92 Å². The molecule has 3 N–H and O–H groups in total. The number of carbonyl (C=O) groups is 1. The summed E-state index contributed by atoms with van der Waals surface area (Å²) in [6.07, 6.45) is 1.31. The van der Waals surface area contributed by atoms with Crippen LogP contribution in [0.4, 0.5) is 11.8 Å². The summed E-state index contributed by atoms with van der Waals surface area (Å²) < 4.78 is 5.35. The second kappa shape index (κ2) is 7.32. The van der Waals surface area contributed by atoms with E-state index in [1.54, 1.807) is 6.07 Å². The van der Waals surface area contributed by atoms with Crippen molar-refractivity contribution in [3.05, 3.63) is 77.8 Å². The molecule has 8 nitrogen and oxygen atoms in total. The summed E-state index contributed by atoms with van der Waals surface area (Å²) in [5.74, 6) is 0.333. The molecule has 5 aromatic rings. The van der Waals surface area contributed by atoms with E-state index in [2.05, 4.69) is 30.6 Å². The van der Waals surface area contributed by atoms with E-state index in [4.69, 9.17) is 4.42 Å². The Labute approximate surface area is 171 Å². The van der Waals surface area contributed by atoms with Crippen LogP contribution in [0.2, 0.25) is 0 Å². The third-order valence-electron chi connectivity index (χ3n) is 4.77. The number of aryl methyl sites for hydroxylation is 1. The molecule has 0 aliphatic rings. The van der Waals surface area contributed by atoms with Crippen LogP contribution >= 0.6 is 0 Å². The molecule has 0 unspecified atom stereocenters. The first-order valence-corrected chi connectivity index (χ1v) is 9.46. The molecule has 0 bridgehead atoms. The first kappa shape index (κ1) is 17.9. The van der Waals surface area contributed by atoms with Gasteiger partial charge in [-0.1, -0.05) is 36.4 Å². The number of oxazole rings is 1. The van der Waals surface area contributed by atoms with Crippen molar-refractivity contribution in [2.75, 3.05) is 10.6 Å². The minimum absolute atomic E-state index is 0.143. The number of fused-ring (bicyclic) bond motifs is 2. The molecule has 0 spiro atoms. The van der Waals surface area contributed by atoms with Crippen LogP contribution in [0.25, 0.3) is 22.1 Å². The highest BCUT2D eigenvalue weighted by Gasteiger charge is 2.16. The number of nitrogens with zero attached hydrogens (tertiary/aromatic N) is 3. The lowest BCUT2D eigenvalue weighted by Crippen LogP contribution is -2.15. The molecule has 0 fully saturated rings. The van der Waals surface area contributed by atoms with Crippen molar-refractivity contribution in [3.8, 4) is 0 Å². The van der Waals surface area contributed by atoms with Crippen molar-refractivity contribution in [3.63, 3.8) is 0 Å². The van der Waals surface area contributed by atoms with Gasteiger partial charge in [-0.25, -0.2) is 4.98 Å². The maximum atomic E-state index is 12.9. The molecular weight excluding hydrogens is 380 g/mol. The van der Waals surface area contributed by atoms with Gasteiger partial charge in [0.25, 0.3) is 11.6 Å². The van der Waals surface area contributed by atoms with Gasteiger partial charge in [-0.15, -0.1) is 0 Å². The summed E-state index contributed by atoms with van der Waals surface area (Å²) >= 11 is 0. The van der Waals surface area contributed by atoms with E-state index in [9.17, 15) is 4.79 Å². The molecule has 0 saturated carbocycles. The highest BCUT2D eigenvalue weighted by Crippen LogP contribution is 2.23. The van der Waals surface area contributed by atoms with Gasteiger partial charge in [0, 0.05) is 28.7 Å². The van der Waals surface area contributed by atoms with E-state index in [1.807, 2.05) is 55.5 Å². The Balaban J connectivity index is 1.44. The van der Waals surface area contributed by atoms with Crippen LogP contribution in [0.15, 0.2) is 65.4 Å². The highest BCUT2D eigenvalue weighted by atomic mass is 16.3. The lowest BCUT2D eigenvalue weighted by molar-refractivity contribution is 0.102. The molecule has 8 heteroatoms. The number of carbonyl (C=O) groups excluding carboxylic acids is 1. The van der Waals surface area contributed by atoms with Gasteiger partial charge < -0.3 is 14.7 Å². The standard InChI is InChI=1S/C22H18N6O2/c1-13-10-16-15(8-5-9-17(16)25-13)20(29)27-22-26-19(18-21(28-22)30-12-24-18)23-11-14-6-3-2-4-7-14/h2-10,12,25H,11H2,1H3,(H2,23,26,27,28,29). The maximum absolute atomic E-state index is 12.9. The monoisotopic (exact) mass is 398 g/mol. The van der Waals surface area contributed by atoms with Gasteiger partial charge in [0.05, 0.1) is 0 Å². The molecule has 0 aliphatic heterocycles. The van der Waals surface area contributed by atoms with Crippen LogP contribution in [0.3, 0.4) is 0 Å². The van der Waals surface area contributed by atoms with Gasteiger partial charge in [-0.3, -0.25) is 10.1 Å². The molecule has 3 aromatic heterocycles. The molecule has 1 amide bonds. The smallest absolute Gasteiger partial charge is 0.258 e. The van der Waals surface area contributed by atoms with Crippen LogP contribution in [-0.2, 0) is 6.54 Å². The summed E-state index contributed by atoms with van der Waals surface area (Å²) in [6, 6.07) is 17.4. The normalized spacial score (nSPS) is 11.1. The van der Waals surface area contributed by atoms with Gasteiger partial charge >= 0.3 is 0 Å². The Morgan fingerprint density at radius 2 is 1.97 bits per heavy atom. The minimum atomic E-state index is -0.299. The van der Waals surface area contributed by atoms with Crippen LogP contribution in [0.1, 0.15) is 21.6 Å². The number of aromatic nitrogens is 4. The molecule has 5 rings (SSSR count). The van der Waals surface area contributed by atoms with Crippen LogP contribution in [0.5, 0.6) is 0 Å². The van der Waals surface area contributed by atoms with Crippen molar-refractivity contribution in [1.29, 1.82) is 0 Å². The first-order valence-electron chi connectivity index (χ1n) is 9.46. The fraction of sp³-hybridized carbons (Fsp3) is 0.0909. The SMILES string of the molecule is Cc1cc2c(C(=O)Nc3nc(NCc4ccccc4)c4ncoc4n3)cccc2[nH]1. The van der Waals surface area contributed by atoms with Crippen molar-refractivity contribution in [2.24, 2.45) is 0 Å². The van der Waals surface area contributed by atoms with Crippen LogP contribution < -0.4 is 10.6 Å². The third kappa shape index (κ3) is 3.35. The Hall–Kier alpha value is -4.20. The second-order valence-corrected chi connectivity index (χ2v) is 6.91. The van der Waals surface area contributed by atoms with E-state index >= 15 is 0 Å².